The molecule has 3 atom stereocenters. The Hall–Kier alpha value is -0.940. The first-order chi connectivity index (χ1) is 12.9. The molecule has 4 rings (SSSR count). The molecule has 0 spiro atoms. The lowest BCUT2D eigenvalue weighted by Gasteiger charge is -2.35. The molecule has 3 fully saturated rings. The maximum atomic E-state index is 5.70. The second-order valence-electron chi connectivity index (χ2n) is 8.45. The smallest absolute Gasteiger partial charge is 0.0623 e. The summed E-state index contributed by atoms with van der Waals surface area (Å²) in [5.74, 6) is 1.60. The van der Waals surface area contributed by atoms with Crippen LogP contribution in [0.2, 0.25) is 0 Å². The number of piperidine rings is 1. The molecular formula is C22H35N3O. The van der Waals surface area contributed by atoms with E-state index in [1.54, 1.807) is 0 Å². The highest BCUT2D eigenvalue weighted by molar-refractivity contribution is 5.14. The molecule has 1 aromatic rings. The van der Waals surface area contributed by atoms with E-state index < -0.39 is 0 Å². The molecule has 1 saturated carbocycles. The highest BCUT2D eigenvalue weighted by atomic mass is 16.5. The van der Waals surface area contributed by atoms with Crippen molar-refractivity contribution in [1.82, 2.24) is 15.5 Å². The Morgan fingerprint density at radius 3 is 2.69 bits per heavy atom. The SMILES string of the molecule is c1ccc(CN2CCC(CNC3CCCC3C3COCCN3)CC2)cc1. The van der Waals surface area contributed by atoms with Gasteiger partial charge in [0, 0.05) is 25.2 Å². The van der Waals surface area contributed by atoms with Crippen molar-refractivity contribution in [3.63, 3.8) is 0 Å². The summed E-state index contributed by atoms with van der Waals surface area (Å²) in [6.45, 7) is 7.60. The third-order valence-corrected chi connectivity index (χ3v) is 6.66. The first kappa shape index (κ1) is 18.4. The molecule has 3 aliphatic rings. The summed E-state index contributed by atoms with van der Waals surface area (Å²) in [4.78, 5) is 2.62. The number of hydrogen-bond donors (Lipinski definition) is 2. The number of ether oxygens (including phenoxy) is 1. The second-order valence-corrected chi connectivity index (χ2v) is 8.45. The summed E-state index contributed by atoms with van der Waals surface area (Å²) in [7, 11) is 0. The molecule has 1 aliphatic carbocycles. The van der Waals surface area contributed by atoms with Crippen LogP contribution in [0, 0.1) is 11.8 Å². The standard InChI is InChI=1S/C22H35N3O/c1-2-5-19(6-3-1)16-25-12-9-18(10-13-25)15-24-21-8-4-7-20(21)22-17-26-14-11-23-22/h1-3,5-6,18,20-24H,4,7-17H2. The van der Waals surface area contributed by atoms with Gasteiger partial charge in [-0.3, -0.25) is 4.90 Å². The van der Waals surface area contributed by atoms with Gasteiger partial charge in [-0.1, -0.05) is 36.8 Å². The van der Waals surface area contributed by atoms with Crippen molar-refractivity contribution in [2.75, 3.05) is 39.4 Å². The van der Waals surface area contributed by atoms with Gasteiger partial charge in [-0.25, -0.2) is 0 Å². The van der Waals surface area contributed by atoms with Crippen LogP contribution < -0.4 is 10.6 Å². The van der Waals surface area contributed by atoms with E-state index in [4.69, 9.17) is 4.74 Å². The lowest BCUT2D eigenvalue weighted by atomic mass is 9.92. The molecule has 0 radical (unpaired) electrons. The van der Waals surface area contributed by atoms with Crippen molar-refractivity contribution >= 4 is 0 Å². The van der Waals surface area contributed by atoms with Gasteiger partial charge in [-0.15, -0.1) is 0 Å². The van der Waals surface area contributed by atoms with Crippen LogP contribution in [0.25, 0.3) is 0 Å². The van der Waals surface area contributed by atoms with Gasteiger partial charge in [-0.05, 0) is 62.7 Å². The van der Waals surface area contributed by atoms with Gasteiger partial charge in [0.25, 0.3) is 0 Å². The molecule has 2 N–H and O–H groups in total. The minimum absolute atomic E-state index is 0.566. The van der Waals surface area contributed by atoms with Gasteiger partial charge >= 0.3 is 0 Å². The zero-order chi connectivity index (χ0) is 17.6. The lowest BCUT2D eigenvalue weighted by Crippen LogP contribution is -2.51. The second kappa shape index (κ2) is 9.32. The van der Waals surface area contributed by atoms with E-state index >= 15 is 0 Å². The fourth-order valence-corrected chi connectivity index (χ4v) is 5.09. The van der Waals surface area contributed by atoms with E-state index in [2.05, 4.69) is 45.9 Å². The van der Waals surface area contributed by atoms with Crippen molar-refractivity contribution in [2.24, 2.45) is 11.8 Å². The summed E-state index contributed by atoms with van der Waals surface area (Å²) in [5.41, 5.74) is 1.44. The molecule has 2 heterocycles. The third-order valence-electron chi connectivity index (χ3n) is 6.66. The molecule has 0 aromatic heterocycles. The van der Waals surface area contributed by atoms with Crippen molar-refractivity contribution < 1.29 is 4.74 Å². The Kier molecular flexibility index (Phi) is 6.60. The van der Waals surface area contributed by atoms with E-state index in [1.165, 1.54) is 57.3 Å². The largest absolute Gasteiger partial charge is 0.379 e. The Morgan fingerprint density at radius 1 is 1.08 bits per heavy atom. The molecule has 144 valence electrons. The molecule has 0 bridgehead atoms. The number of benzene rings is 1. The molecule has 26 heavy (non-hydrogen) atoms. The number of hydrogen-bond acceptors (Lipinski definition) is 4. The van der Waals surface area contributed by atoms with E-state index in [9.17, 15) is 0 Å². The van der Waals surface area contributed by atoms with Crippen molar-refractivity contribution in [2.45, 2.75) is 50.7 Å². The Morgan fingerprint density at radius 2 is 1.92 bits per heavy atom. The summed E-state index contributed by atoms with van der Waals surface area (Å²) >= 11 is 0. The van der Waals surface area contributed by atoms with Crippen LogP contribution in [0.3, 0.4) is 0 Å². The minimum atomic E-state index is 0.566. The van der Waals surface area contributed by atoms with Crippen molar-refractivity contribution in [1.29, 1.82) is 0 Å². The highest BCUT2D eigenvalue weighted by Gasteiger charge is 2.34. The average Bonchev–Trinajstić information content (AvgIpc) is 3.18. The normalized spacial score (nSPS) is 31.3. The van der Waals surface area contributed by atoms with Gasteiger partial charge < -0.3 is 15.4 Å². The summed E-state index contributed by atoms with van der Waals surface area (Å²) < 4.78 is 5.70. The lowest BCUT2D eigenvalue weighted by molar-refractivity contribution is 0.0519. The van der Waals surface area contributed by atoms with E-state index in [0.29, 0.717) is 12.1 Å². The van der Waals surface area contributed by atoms with Crippen molar-refractivity contribution in [3.8, 4) is 0 Å². The van der Waals surface area contributed by atoms with Gasteiger partial charge in [-0.2, -0.15) is 0 Å². The first-order valence-corrected chi connectivity index (χ1v) is 10.7. The monoisotopic (exact) mass is 357 g/mol. The predicted octanol–water partition coefficient (Wildman–Crippen LogP) is 2.65. The first-order valence-electron chi connectivity index (χ1n) is 10.7. The summed E-state index contributed by atoms with van der Waals surface area (Å²) in [6, 6.07) is 12.2. The molecule has 4 nitrogen and oxygen atoms in total. The summed E-state index contributed by atoms with van der Waals surface area (Å²) in [6.07, 6.45) is 6.74. The maximum absolute atomic E-state index is 5.70. The van der Waals surface area contributed by atoms with E-state index in [-0.39, 0.29) is 0 Å². The molecule has 3 unspecified atom stereocenters. The number of morpholine rings is 1. The van der Waals surface area contributed by atoms with Gasteiger partial charge in [0.1, 0.15) is 0 Å². The zero-order valence-corrected chi connectivity index (χ0v) is 16.0. The van der Waals surface area contributed by atoms with Crippen LogP contribution in [0.15, 0.2) is 30.3 Å². The number of nitrogens with zero attached hydrogens (tertiary/aromatic N) is 1. The molecule has 2 saturated heterocycles. The van der Waals surface area contributed by atoms with Gasteiger partial charge in [0.2, 0.25) is 0 Å². The van der Waals surface area contributed by atoms with Crippen molar-refractivity contribution in [3.05, 3.63) is 35.9 Å². The molecule has 4 heteroatoms. The van der Waals surface area contributed by atoms with Crippen LogP contribution >= 0.6 is 0 Å². The van der Waals surface area contributed by atoms with Crippen LogP contribution in [-0.2, 0) is 11.3 Å². The molecule has 0 amide bonds. The predicted molar refractivity (Wildman–Crippen MR) is 106 cm³/mol. The quantitative estimate of drug-likeness (QED) is 0.821. The molecule has 1 aromatic carbocycles. The van der Waals surface area contributed by atoms with Crippen LogP contribution in [-0.4, -0.2) is 56.4 Å². The Bertz CT molecular complexity index is 523. The third kappa shape index (κ3) is 4.86. The van der Waals surface area contributed by atoms with Crippen LogP contribution in [0.1, 0.15) is 37.7 Å². The average molecular weight is 358 g/mol. The van der Waals surface area contributed by atoms with Gasteiger partial charge in [0.15, 0.2) is 0 Å². The van der Waals surface area contributed by atoms with Crippen LogP contribution in [0.5, 0.6) is 0 Å². The fraction of sp³-hybridized carbons (Fsp3) is 0.727. The van der Waals surface area contributed by atoms with Crippen LogP contribution in [0.4, 0.5) is 0 Å². The number of likely N-dealkylation sites (tertiary alicyclic amines) is 1. The molecule has 2 aliphatic heterocycles. The Labute approximate surface area is 158 Å². The number of rotatable bonds is 6. The van der Waals surface area contributed by atoms with E-state index in [0.717, 1.165) is 38.1 Å². The summed E-state index contributed by atoms with van der Waals surface area (Å²) in [5, 5.41) is 7.64. The molecular weight excluding hydrogens is 322 g/mol. The Balaban J connectivity index is 1.18. The topological polar surface area (TPSA) is 36.5 Å². The zero-order valence-electron chi connectivity index (χ0n) is 16.0. The van der Waals surface area contributed by atoms with Gasteiger partial charge in [0.05, 0.1) is 13.2 Å². The fourth-order valence-electron chi connectivity index (χ4n) is 5.09. The van der Waals surface area contributed by atoms with E-state index in [1.807, 2.05) is 0 Å². The maximum Gasteiger partial charge on any atom is 0.0623 e. The number of nitrogens with one attached hydrogen (secondary N) is 2. The highest BCUT2D eigenvalue weighted by Crippen LogP contribution is 2.30. The minimum Gasteiger partial charge on any atom is -0.379 e.